The smallest absolute Gasteiger partial charge is 0.302 e. The molecule has 0 saturated carbocycles. The van der Waals surface area contributed by atoms with Gasteiger partial charge in [-0.15, -0.1) is 0 Å². The molecular formula is C19H28O4. The Labute approximate surface area is 139 Å². The highest BCUT2D eigenvalue weighted by Crippen LogP contribution is 2.38. The van der Waals surface area contributed by atoms with Crippen LogP contribution in [0.25, 0.3) is 0 Å². The first-order chi connectivity index (χ1) is 10.8. The summed E-state index contributed by atoms with van der Waals surface area (Å²) in [7, 11) is 3.41. The van der Waals surface area contributed by atoms with Gasteiger partial charge in [-0.25, -0.2) is 0 Å². The third-order valence-electron chi connectivity index (χ3n) is 4.21. The Bertz CT molecular complexity index is 600. The predicted molar refractivity (Wildman–Crippen MR) is 92.5 cm³/mol. The molecule has 0 aliphatic rings. The molecule has 128 valence electrons. The van der Waals surface area contributed by atoms with Crippen molar-refractivity contribution in [1.29, 1.82) is 0 Å². The van der Waals surface area contributed by atoms with E-state index in [1.807, 2.05) is 13.0 Å². The first-order valence-corrected chi connectivity index (χ1v) is 7.83. The molecular weight excluding hydrogens is 292 g/mol. The van der Waals surface area contributed by atoms with Crippen LogP contribution in [0.15, 0.2) is 11.6 Å². The van der Waals surface area contributed by atoms with Crippen LogP contribution in [0, 0.1) is 20.8 Å². The molecule has 0 amide bonds. The van der Waals surface area contributed by atoms with E-state index < -0.39 is 0 Å². The van der Waals surface area contributed by atoms with Crippen molar-refractivity contribution in [2.45, 2.75) is 47.5 Å². The second kappa shape index (κ2) is 8.61. The van der Waals surface area contributed by atoms with Gasteiger partial charge in [0.1, 0.15) is 18.1 Å². The maximum Gasteiger partial charge on any atom is 0.302 e. The Morgan fingerprint density at radius 2 is 1.52 bits per heavy atom. The molecule has 0 aliphatic carbocycles. The van der Waals surface area contributed by atoms with E-state index in [4.69, 9.17) is 14.2 Å². The van der Waals surface area contributed by atoms with Gasteiger partial charge in [-0.05, 0) is 63.3 Å². The van der Waals surface area contributed by atoms with Crippen molar-refractivity contribution in [3.63, 3.8) is 0 Å². The maximum absolute atomic E-state index is 10.8. The van der Waals surface area contributed by atoms with Crippen LogP contribution < -0.4 is 9.47 Å². The number of benzene rings is 1. The van der Waals surface area contributed by atoms with Crippen LogP contribution in [-0.2, 0) is 16.0 Å². The summed E-state index contributed by atoms with van der Waals surface area (Å²) in [6.45, 7) is 9.97. The molecule has 0 unspecified atom stereocenters. The number of hydrogen-bond acceptors (Lipinski definition) is 4. The fourth-order valence-electron chi connectivity index (χ4n) is 2.76. The van der Waals surface area contributed by atoms with Gasteiger partial charge in [0.05, 0.1) is 14.2 Å². The minimum Gasteiger partial charge on any atom is -0.496 e. The van der Waals surface area contributed by atoms with E-state index in [2.05, 4.69) is 20.8 Å². The van der Waals surface area contributed by atoms with E-state index in [1.54, 1.807) is 14.2 Å². The van der Waals surface area contributed by atoms with Crippen molar-refractivity contribution in [2.24, 2.45) is 0 Å². The number of methoxy groups -OCH3 is 2. The maximum atomic E-state index is 10.8. The molecule has 0 atom stereocenters. The van der Waals surface area contributed by atoms with E-state index in [1.165, 1.54) is 18.1 Å². The number of esters is 1. The second-order valence-electron chi connectivity index (χ2n) is 5.77. The van der Waals surface area contributed by atoms with E-state index >= 15 is 0 Å². The topological polar surface area (TPSA) is 44.8 Å². The highest BCUT2D eigenvalue weighted by atomic mass is 16.5. The fraction of sp³-hybridized carbons (Fsp3) is 0.526. The van der Waals surface area contributed by atoms with Crippen molar-refractivity contribution in [1.82, 2.24) is 0 Å². The molecule has 0 spiro atoms. The van der Waals surface area contributed by atoms with Crippen LogP contribution in [0.3, 0.4) is 0 Å². The largest absolute Gasteiger partial charge is 0.496 e. The van der Waals surface area contributed by atoms with Gasteiger partial charge in [0.25, 0.3) is 0 Å². The molecule has 1 rings (SSSR count). The first-order valence-electron chi connectivity index (χ1n) is 7.83. The molecule has 0 N–H and O–H groups in total. The number of rotatable bonds is 7. The zero-order chi connectivity index (χ0) is 17.6. The lowest BCUT2D eigenvalue weighted by Gasteiger charge is -2.20. The molecule has 1 aromatic rings. The van der Waals surface area contributed by atoms with Gasteiger partial charge < -0.3 is 14.2 Å². The molecule has 0 bridgehead atoms. The summed E-state index contributed by atoms with van der Waals surface area (Å²) in [6, 6.07) is 0. The molecule has 23 heavy (non-hydrogen) atoms. The second-order valence-corrected chi connectivity index (χ2v) is 5.77. The lowest BCUT2D eigenvalue weighted by Crippen LogP contribution is -2.04. The first kappa shape index (κ1) is 19.1. The van der Waals surface area contributed by atoms with Crippen molar-refractivity contribution in [3.8, 4) is 11.5 Å². The molecule has 0 saturated heterocycles. The Hall–Kier alpha value is -1.97. The Kier molecular flexibility index (Phi) is 7.14. The third kappa shape index (κ3) is 4.75. The predicted octanol–water partition coefficient (Wildman–Crippen LogP) is 4.07. The standard InChI is InChI=1S/C19H28O4/c1-12(10-11-23-16(5)20)8-9-17-15(4)18(21-6)13(2)14(3)19(17)22-7/h10H,8-9,11H2,1-7H3/b12-10+. The van der Waals surface area contributed by atoms with Crippen LogP contribution >= 0.6 is 0 Å². The van der Waals surface area contributed by atoms with Crippen molar-refractivity contribution in [2.75, 3.05) is 20.8 Å². The summed E-state index contributed by atoms with van der Waals surface area (Å²) in [5, 5.41) is 0. The van der Waals surface area contributed by atoms with Gasteiger partial charge >= 0.3 is 5.97 Å². The monoisotopic (exact) mass is 320 g/mol. The fourth-order valence-corrected chi connectivity index (χ4v) is 2.76. The van der Waals surface area contributed by atoms with E-state index in [-0.39, 0.29) is 5.97 Å². The summed E-state index contributed by atoms with van der Waals surface area (Å²) in [5.74, 6) is 1.61. The van der Waals surface area contributed by atoms with Gasteiger partial charge in [-0.2, -0.15) is 0 Å². The van der Waals surface area contributed by atoms with Crippen molar-refractivity contribution < 1.29 is 19.0 Å². The highest BCUT2D eigenvalue weighted by Gasteiger charge is 2.18. The van der Waals surface area contributed by atoms with Crippen LogP contribution in [0.4, 0.5) is 0 Å². The molecule has 0 radical (unpaired) electrons. The average Bonchev–Trinajstić information content (AvgIpc) is 2.49. The number of ether oxygens (including phenoxy) is 3. The normalized spacial score (nSPS) is 11.3. The molecule has 4 nitrogen and oxygen atoms in total. The van der Waals surface area contributed by atoms with Gasteiger partial charge in [-0.3, -0.25) is 4.79 Å². The molecule has 1 aromatic carbocycles. The van der Waals surface area contributed by atoms with Crippen molar-refractivity contribution in [3.05, 3.63) is 33.9 Å². The van der Waals surface area contributed by atoms with Gasteiger partial charge in [0.2, 0.25) is 0 Å². The third-order valence-corrected chi connectivity index (χ3v) is 4.21. The van der Waals surface area contributed by atoms with Crippen LogP contribution in [0.1, 0.15) is 42.5 Å². The van der Waals surface area contributed by atoms with Gasteiger partial charge in [0, 0.05) is 12.5 Å². The SMILES string of the molecule is COc1c(C)c(C)c(OC)c(CC/C(C)=C/COC(C)=O)c1C. The number of hydrogen-bond donors (Lipinski definition) is 0. The summed E-state index contributed by atoms with van der Waals surface area (Å²) < 4.78 is 16.1. The minimum atomic E-state index is -0.259. The van der Waals surface area contributed by atoms with E-state index in [0.717, 1.165) is 41.0 Å². The number of carbonyl (C=O) groups excluding carboxylic acids is 1. The zero-order valence-electron chi connectivity index (χ0n) is 15.3. The van der Waals surface area contributed by atoms with Crippen molar-refractivity contribution >= 4 is 5.97 Å². The minimum absolute atomic E-state index is 0.259. The van der Waals surface area contributed by atoms with Crippen LogP contribution in [0.2, 0.25) is 0 Å². The molecule has 4 heteroatoms. The Morgan fingerprint density at radius 1 is 0.957 bits per heavy atom. The quantitative estimate of drug-likeness (QED) is 0.561. The number of allylic oxidation sites excluding steroid dienone is 1. The molecule has 0 aromatic heterocycles. The Morgan fingerprint density at radius 3 is 2.04 bits per heavy atom. The number of carbonyl (C=O) groups is 1. The molecule has 0 fully saturated rings. The molecule has 0 aliphatic heterocycles. The Balaban J connectivity index is 3.00. The lowest BCUT2D eigenvalue weighted by molar-refractivity contribution is -0.139. The van der Waals surface area contributed by atoms with Gasteiger partial charge in [0.15, 0.2) is 0 Å². The highest BCUT2D eigenvalue weighted by molar-refractivity contribution is 5.66. The zero-order valence-corrected chi connectivity index (χ0v) is 15.3. The van der Waals surface area contributed by atoms with E-state index in [0.29, 0.717) is 6.61 Å². The van der Waals surface area contributed by atoms with Crippen LogP contribution in [-0.4, -0.2) is 26.8 Å². The lowest BCUT2D eigenvalue weighted by atomic mass is 9.93. The van der Waals surface area contributed by atoms with E-state index in [9.17, 15) is 4.79 Å². The van der Waals surface area contributed by atoms with Gasteiger partial charge in [-0.1, -0.05) is 5.57 Å². The summed E-state index contributed by atoms with van der Waals surface area (Å²) in [6.07, 6.45) is 3.68. The average molecular weight is 320 g/mol. The summed E-state index contributed by atoms with van der Waals surface area (Å²) >= 11 is 0. The van der Waals surface area contributed by atoms with Crippen LogP contribution in [0.5, 0.6) is 11.5 Å². The summed E-state index contributed by atoms with van der Waals surface area (Å²) in [5.41, 5.74) is 5.72. The molecule has 0 heterocycles. The summed E-state index contributed by atoms with van der Waals surface area (Å²) in [4.78, 5) is 10.8.